The van der Waals surface area contributed by atoms with Gasteiger partial charge in [-0.25, -0.2) is 14.4 Å². The Bertz CT molecular complexity index is 704. The van der Waals surface area contributed by atoms with Crippen molar-refractivity contribution in [2.45, 2.75) is 6.54 Å². The molecule has 0 aliphatic carbocycles. The Morgan fingerprint density at radius 1 is 1.47 bits per heavy atom. The molecule has 98 valence electrons. The van der Waals surface area contributed by atoms with E-state index in [0.717, 1.165) is 0 Å². The quantitative estimate of drug-likeness (QED) is 0.852. The Labute approximate surface area is 114 Å². The summed E-state index contributed by atoms with van der Waals surface area (Å²) in [6, 6.07) is 7.23. The molecule has 1 aromatic carbocycles. The van der Waals surface area contributed by atoms with Crippen LogP contribution in [0.3, 0.4) is 0 Å². The molecule has 0 radical (unpaired) electrons. The monoisotopic (exact) mass is 278 g/mol. The van der Waals surface area contributed by atoms with Crippen LogP contribution in [0.4, 0.5) is 5.82 Å². The third-order valence-corrected chi connectivity index (χ3v) is 3.08. The summed E-state index contributed by atoms with van der Waals surface area (Å²) in [5, 5.41) is 0. The molecule has 0 bridgehead atoms. The number of halogens is 1. The van der Waals surface area contributed by atoms with Crippen LogP contribution in [0.1, 0.15) is 5.69 Å². The summed E-state index contributed by atoms with van der Waals surface area (Å²) >= 11 is 5.83. The number of H-pyrrole nitrogens is 1. The highest BCUT2D eigenvalue weighted by Crippen LogP contribution is 2.26. The number of fused-ring (bicyclic) bond motifs is 1. The standard InChI is InChI=1S/C12H11ClN4O2/c1-19-9-4-2-3-8(5-9)17-11-10(15-12(17)18)6-16(13)7-14-11/h2-5,7H,6H2,1H3,(H,15,18). The van der Waals surface area contributed by atoms with Gasteiger partial charge in [0.15, 0.2) is 5.82 Å². The molecule has 0 saturated carbocycles. The van der Waals surface area contributed by atoms with E-state index in [1.54, 1.807) is 13.2 Å². The zero-order valence-corrected chi connectivity index (χ0v) is 10.9. The second kappa shape index (κ2) is 4.47. The summed E-state index contributed by atoms with van der Waals surface area (Å²) in [6.07, 6.45) is 1.48. The van der Waals surface area contributed by atoms with Gasteiger partial charge in [0.1, 0.15) is 12.1 Å². The lowest BCUT2D eigenvalue weighted by atomic mass is 10.3. The first kappa shape index (κ1) is 11.9. The van der Waals surface area contributed by atoms with Gasteiger partial charge in [-0.2, -0.15) is 0 Å². The number of rotatable bonds is 2. The highest BCUT2D eigenvalue weighted by atomic mass is 35.5. The van der Waals surface area contributed by atoms with Gasteiger partial charge >= 0.3 is 5.69 Å². The lowest BCUT2D eigenvalue weighted by Crippen LogP contribution is -2.14. The molecule has 19 heavy (non-hydrogen) atoms. The molecular formula is C12H11ClN4O2. The van der Waals surface area contributed by atoms with E-state index in [1.165, 1.54) is 15.3 Å². The number of aromatic amines is 1. The topological polar surface area (TPSA) is 62.6 Å². The molecular weight excluding hydrogens is 268 g/mol. The van der Waals surface area contributed by atoms with Crippen LogP contribution in [-0.2, 0) is 6.54 Å². The lowest BCUT2D eigenvalue weighted by molar-refractivity contribution is 0.414. The van der Waals surface area contributed by atoms with Crippen molar-refractivity contribution in [1.82, 2.24) is 14.0 Å². The van der Waals surface area contributed by atoms with E-state index in [1.807, 2.05) is 18.2 Å². The number of aliphatic imine (C=N–C) groups is 1. The molecule has 0 spiro atoms. The lowest BCUT2D eigenvalue weighted by Gasteiger charge is -2.14. The number of hydrogen-bond donors (Lipinski definition) is 1. The van der Waals surface area contributed by atoms with Gasteiger partial charge in [0.05, 0.1) is 25.0 Å². The largest absolute Gasteiger partial charge is 0.497 e. The number of nitrogens with zero attached hydrogens (tertiary/aromatic N) is 3. The zero-order chi connectivity index (χ0) is 13.4. The van der Waals surface area contributed by atoms with Crippen molar-refractivity contribution < 1.29 is 4.74 Å². The van der Waals surface area contributed by atoms with Crippen LogP contribution in [0.5, 0.6) is 5.75 Å². The third kappa shape index (κ3) is 2.00. The van der Waals surface area contributed by atoms with E-state index in [0.29, 0.717) is 29.5 Å². The van der Waals surface area contributed by atoms with Crippen LogP contribution in [0.25, 0.3) is 5.69 Å². The fourth-order valence-corrected chi connectivity index (χ4v) is 2.18. The van der Waals surface area contributed by atoms with Gasteiger partial charge in [-0.05, 0) is 12.1 Å². The molecule has 6 nitrogen and oxygen atoms in total. The van der Waals surface area contributed by atoms with E-state index < -0.39 is 0 Å². The molecule has 7 heteroatoms. The SMILES string of the molecule is COc1cccc(-n2c3c([nH]c2=O)CN(Cl)C=N3)c1. The molecule has 1 aliphatic heterocycles. The predicted molar refractivity (Wildman–Crippen MR) is 72.5 cm³/mol. The number of ether oxygens (including phenoxy) is 1. The summed E-state index contributed by atoms with van der Waals surface area (Å²) in [4.78, 5) is 19.0. The van der Waals surface area contributed by atoms with Gasteiger partial charge in [-0.3, -0.25) is 4.42 Å². The van der Waals surface area contributed by atoms with Crippen LogP contribution in [-0.4, -0.2) is 27.4 Å². The van der Waals surface area contributed by atoms with Crippen LogP contribution in [0, 0.1) is 0 Å². The second-order valence-corrected chi connectivity index (χ2v) is 4.51. The normalized spacial score (nSPS) is 13.5. The van der Waals surface area contributed by atoms with Crippen molar-refractivity contribution in [3.63, 3.8) is 0 Å². The average Bonchev–Trinajstić information content (AvgIpc) is 2.73. The Balaban J connectivity index is 2.17. The summed E-state index contributed by atoms with van der Waals surface area (Å²) in [5.41, 5.74) is 1.13. The minimum atomic E-state index is -0.248. The number of hydrogen-bond acceptors (Lipinski definition) is 4. The number of benzene rings is 1. The molecule has 3 rings (SSSR count). The third-order valence-electron chi connectivity index (χ3n) is 2.87. The Kier molecular flexibility index (Phi) is 2.79. The van der Waals surface area contributed by atoms with E-state index in [2.05, 4.69) is 9.98 Å². The van der Waals surface area contributed by atoms with Gasteiger partial charge in [0, 0.05) is 17.8 Å². The van der Waals surface area contributed by atoms with E-state index >= 15 is 0 Å². The fraction of sp³-hybridized carbons (Fsp3) is 0.167. The average molecular weight is 279 g/mol. The summed E-state index contributed by atoms with van der Waals surface area (Å²) < 4.78 is 8.04. The van der Waals surface area contributed by atoms with E-state index in [9.17, 15) is 4.79 Å². The maximum atomic E-state index is 12.0. The first-order valence-corrected chi connectivity index (χ1v) is 5.98. The summed E-state index contributed by atoms with van der Waals surface area (Å²) in [6.45, 7) is 0.409. The summed E-state index contributed by atoms with van der Waals surface area (Å²) in [7, 11) is 1.58. The molecule has 0 unspecified atom stereocenters. The number of nitrogens with one attached hydrogen (secondary N) is 1. The molecule has 0 fully saturated rings. The number of aromatic nitrogens is 2. The number of methoxy groups -OCH3 is 1. The molecule has 2 aromatic rings. The van der Waals surface area contributed by atoms with Gasteiger partial charge in [0.2, 0.25) is 0 Å². The predicted octanol–water partition coefficient (Wildman–Crippen LogP) is 1.80. The summed E-state index contributed by atoms with van der Waals surface area (Å²) in [5.74, 6) is 1.24. The minimum absolute atomic E-state index is 0.248. The molecule has 1 N–H and O–H groups in total. The highest BCUT2D eigenvalue weighted by Gasteiger charge is 2.19. The molecule has 0 atom stereocenters. The van der Waals surface area contributed by atoms with Crippen molar-refractivity contribution in [2.75, 3.05) is 7.11 Å². The molecule has 1 aromatic heterocycles. The molecule has 0 amide bonds. The van der Waals surface area contributed by atoms with Crippen LogP contribution < -0.4 is 10.4 Å². The Morgan fingerprint density at radius 2 is 2.32 bits per heavy atom. The Morgan fingerprint density at radius 3 is 3.11 bits per heavy atom. The molecule has 0 saturated heterocycles. The maximum Gasteiger partial charge on any atom is 0.332 e. The van der Waals surface area contributed by atoms with Crippen molar-refractivity contribution in [3.8, 4) is 11.4 Å². The smallest absolute Gasteiger partial charge is 0.332 e. The first-order valence-electron chi connectivity index (χ1n) is 5.64. The van der Waals surface area contributed by atoms with Crippen LogP contribution in [0.2, 0.25) is 0 Å². The van der Waals surface area contributed by atoms with Gasteiger partial charge in [-0.15, -0.1) is 0 Å². The van der Waals surface area contributed by atoms with Crippen molar-refractivity contribution in [3.05, 3.63) is 40.4 Å². The van der Waals surface area contributed by atoms with Crippen molar-refractivity contribution in [1.29, 1.82) is 0 Å². The minimum Gasteiger partial charge on any atom is -0.497 e. The van der Waals surface area contributed by atoms with Crippen LogP contribution in [0.15, 0.2) is 34.1 Å². The van der Waals surface area contributed by atoms with Gasteiger partial charge in [-0.1, -0.05) is 6.07 Å². The number of imidazole rings is 1. The molecule has 1 aliphatic rings. The van der Waals surface area contributed by atoms with Crippen LogP contribution >= 0.6 is 11.8 Å². The Hall–Kier alpha value is -2.21. The van der Waals surface area contributed by atoms with Gasteiger partial charge < -0.3 is 9.72 Å². The van der Waals surface area contributed by atoms with E-state index in [4.69, 9.17) is 16.5 Å². The maximum absolute atomic E-state index is 12.0. The fourth-order valence-electron chi connectivity index (χ4n) is 2.02. The van der Waals surface area contributed by atoms with Crippen molar-refractivity contribution >= 4 is 23.9 Å². The first-order chi connectivity index (χ1) is 9.19. The van der Waals surface area contributed by atoms with Gasteiger partial charge in [0.25, 0.3) is 0 Å². The second-order valence-electron chi connectivity index (χ2n) is 4.07. The zero-order valence-electron chi connectivity index (χ0n) is 10.1. The molecule has 2 heterocycles. The van der Waals surface area contributed by atoms with E-state index in [-0.39, 0.29) is 5.69 Å². The highest BCUT2D eigenvalue weighted by molar-refractivity contribution is 6.19. The van der Waals surface area contributed by atoms with Crippen molar-refractivity contribution in [2.24, 2.45) is 4.99 Å².